The highest BCUT2D eigenvalue weighted by Gasteiger charge is 2.67. The molecule has 3 bridgehead atoms. The van der Waals surface area contributed by atoms with Crippen LogP contribution >= 0.6 is 0 Å². The third-order valence-electron chi connectivity index (χ3n) is 4.50. The number of hydrogen-bond acceptors (Lipinski definition) is 1. The summed E-state index contributed by atoms with van der Waals surface area (Å²) in [6.45, 7) is 3.49. The Morgan fingerprint density at radius 1 is 1.54 bits per heavy atom. The van der Waals surface area contributed by atoms with Crippen molar-refractivity contribution in [2.45, 2.75) is 31.7 Å². The van der Waals surface area contributed by atoms with Crippen LogP contribution in [-0.2, 0) is 4.79 Å². The summed E-state index contributed by atoms with van der Waals surface area (Å²) in [5.74, 6) is 1.74. The van der Waals surface area contributed by atoms with Crippen LogP contribution < -0.4 is 5.32 Å². The Morgan fingerprint density at radius 3 is 2.85 bits per heavy atom. The number of nitrogens with one attached hydrogen (secondary N) is 1. The number of carbonyl (C=O) groups excluding carboxylic acids is 1. The Balaban J connectivity index is 1.76. The molecule has 0 saturated heterocycles. The van der Waals surface area contributed by atoms with Crippen molar-refractivity contribution in [1.82, 2.24) is 5.32 Å². The van der Waals surface area contributed by atoms with Crippen LogP contribution in [0.15, 0.2) is 12.7 Å². The summed E-state index contributed by atoms with van der Waals surface area (Å²) in [7, 11) is 0. The normalized spacial score (nSPS) is 50.0. The van der Waals surface area contributed by atoms with Gasteiger partial charge < -0.3 is 5.32 Å². The highest BCUT2D eigenvalue weighted by atomic mass is 16.1. The summed E-state index contributed by atoms with van der Waals surface area (Å²) < 4.78 is 0. The molecule has 13 heavy (non-hydrogen) atoms. The maximum atomic E-state index is 11.2. The Labute approximate surface area is 78.4 Å². The first-order valence-electron chi connectivity index (χ1n) is 5.18. The number of amides is 1. The van der Waals surface area contributed by atoms with Crippen LogP contribution in [-0.4, -0.2) is 11.9 Å². The van der Waals surface area contributed by atoms with Crippen LogP contribution in [0.2, 0.25) is 0 Å². The van der Waals surface area contributed by atoms with E-state index >= 15 is 0 Å². The van der Waals surface area contributed by atoms with Gasteiger partial charge in [0, 0.05) is 6.04 Å². The maximum Gasteiger partial charge on any atom is 0.243 e. The average molecular weight is 177 g/mol. The van der Waals surface area contributed by atoms with Crippen molar-refractivity contribution < 1.29 is 4.79 Å². The molecule has 4 unspecified atom stereocenters. The molecule has 4 atom stereocenters. The number of hydrogen-bond donors (Lipinski definition) is 1. The number of rotatable bonds is 2. The molecule has 0 aromatic rings. The van der Waals surface area contributed by atoms with Gasteiger partial charge in [-0.3, -0.25) is 4.79 Å². The van der Waals surface area contributed by atoms with E-state index in [2.05, 4.69) is 11.9 Å². The smallest absolute Gasteiger partial charge is 0.243 e. The summed E-state index contributed by atoms with van der Waals surface area (Å²) in [4.78, 5) is 11.2. The minimum atomic E-state index is 0.0154. The van der Waals surface area contributed by atoms with E-state index in [1.807, 2.05) is 0 Å². The standard InChI is InChI=1S/C11H15NO/c1-2-9(13)12-10-8-6-11(10)4-3-7(8)5-11/h2,7-8,10H,1,3-6H2,(H,12,13). The van der Waals surface area contributed by atoms with Crippen molar-refractivity contribution in [3.63, 3.8) is 0 Å². The van der Waals surface area contributed by atoms with Crippen molar-refractivity contribution in [3.05, 3.63) is 12.7 Å². The minimum absolute atomic E-state index is 0.0154. The number of carbonyl (C=O) groups is 1. The first-order chi connectivity index (χ1) is 6.25. The first-order valence-corrected chi connectivity index (χ1v) is 5.18. The molecule has 2 nitrogen and oxygen atoms in total. The molecule has 1 N–H and O–H groups in total. The monoisotopic (exact) mass is 177 g/mol. The zero-order valence-electron chi connectivity index (χ0n) is 7.75. The fourth-order valence-corrected chi connectivity index (χ4v) is 3.95. The lowest BCUT2D eigenvalue weighted by molar-refractivity contribution is -0.120. The van der Waals surface area contributed by atoms with E-state index in [0.29, 0.717) is 11.5 Å². The molecular weight excluding hydrogens is 162 g/mol. The fraction of sp³-hybridized carbons (Fsp3) is 0.727. The van der Waals surface area contributed by atoms with Crippen molar-refractivity contribution in [1.29, 1.82) is 0 Å². The van der Waals surface area contributed by atoms with Crippen molar-refractivity contribution >= 4 is 5.91 Å². The quantitative estimate of drug-likeness (QED) is 0.636. The van der Waals surface area contributed by atoms with Gasteiger partial charge in [0.1, 0.15) is 0 Å². The molecule has 4 fully saturated rings. The zero-order valence-corrected chi connectivity index (χ0v) is 7.75. The van der Waals surface area contributed by atoms with E-state index in [9.17, 15) is 4.79 Å². The van der Waals surface area contributed by atoms with Gasteiger partial charge >= 0.3 is 0 Å². The van der Waals surface area contributed by atoms with Gasteiger partial charge in [-0.2, -0.15) is 0 Å². The Kier molecular flexibility index (Phi) is 1.27. The molecule has 2 heteroatoms. The largest absolute Gasteiger partial charge is 0.349 e. The lowest BCUT2D eigenvalue weighted by Gasteiger charge is -2.51. The van der Waals surface area contributed by atoms with Crippen molar-refractivity contribution in [3.8, 4) is 0 Å². The van der Waals surface area contributed by atoms with Gasteiger partial charge in [0.25, 0.3) is 0 Å². The van der Waals surface area contributed by atoms with Crippen molar-refractivity contribution in [2.24, 2.45) is 17.3 Å². The Hall–Kier alpha value is -0.790. The lowest BCUT2D eigenvalue weighted by Crippen LogP contribution is -2.57. The zero-order chi connectivity index (χ0) is 9.05. The lowest BCUT2D eigenvalue weighted by atomic mass is 9.59. The van der Waals surface area contributed by atoms with E-state index < -0.39 is 0 Å². The molecule has 70 valence electrons. The van der Waals surface area contributed by atoms with E-state index in [1.165, 1.54) is 31.8 Å². The van der Waals surface area contributed by atoms with E-state index in [4.69, 9.17) is 0 Å². The van der Waals surface area contributed by atoms with Gasteiger partial charge in [-0.1, -0.05) is 6.58 Å². The fourth-order valence-electron chi connectivity index (χ4n) is 3.95. The topological polar surface area (TPSA) is 29.1 Å². The van der Waals surface area contributed by atoms with Gasteiger partial charge in [0.15, 0.2) is 0 Å². The predicted octanol–water partition coefficient (Wildman–Crippen LogP) is 1.48. The average Bonchev–Trinajstić information content (AvgIpc) is 2.78. The van der Waals surface area contributed by atoms with E-state index in [0.717, 1.165) is 11.8 Å². The van der Waals surface area contributed by atoms with Crippen LogP contribution in [0.4, 0.5) is 0 Å². The van der Waals surface area contributed by atoms with Crippen LogP contribution in [0.5, 0.6) is 0 Å². The third kappa shape index (κ3) is 0.767. The summed E-state index contributed by atoms with van der Waals surface area (Å²) in [6, 6.07) is 0.497. The van der Waals surface area contributed by atoms with Crippen molar-refractivity contribution in [2.75, 3.05) is 0 Å². The van der Waals surface area contributed by atoms with E-state index in [1.54, 1.807) is 0 Å². The second-order valence-electron chi connectivity index (χ2n) is 4.92. The SMILES string of the molecule is C=CC(=O)NC1C2CC13CCC2C3. The van der Waals surface area contributed by atoms with Crippen LogP contribution in [0.3, 0.4) is 0 Å². The van der Waals surface area contributed by atoms with Crippen LogP contribution in [0.25, 0.3) is 0 Å². The summed E-state index contributed by atoms with van der Waals surface area (Å²) in [5.41, 5.74) is 0.522. The van der Waals surface area contributed by atoms with Crippen LogP contribution in [0, 0.1) is 17.3 Å². The Morgan fingerprint density at radius 2 is 2.38 bits per heavy atom. The van der Waals surface area contributed by atoms with Gasteiger partial charge in [0.05, 0.1) is 0 Å². The molecule has 0 aromatic carbocycles. The molecule has 4 saturated carbocycles. The molecule has 4 rings (SSSR count). The molecule has 4 aliphatic rings. The van der Waals surface area contributed by atoms with Gasteiger partial charge in [0.2, 0.25) is 5.91 Å². The van der Waals surface area contributed by atoms with Crippen LogP contribution in [0.1, 0.15) is 25.7 Å². The maximum absolute atomic E-state index is 11.2. The first kappa shape index (κ1) is 7.60. The summed E-state index contributed by atoms with van der Waals surface area (Å²) in [5, 5.41) is 3.09. The molecule has 0 aromatic heterocycles. The van der Waals surface area contributed by atoms with Gasteiger partial charge in [-0.15, -0.1) is 0 Å². The molecule has 0 heterocycles. The molecule has 1 amide bonds. The highest BCUT2D eigenvalue weighted by Crippen LogP contribution is 2.70. The summed E-state index contributed by atoms with van der Waals surface area (Å²) in [6.07, 6.45) is 6.89. The summed E-state index contributed by atoms with van der Waals surface area (Å²) >= 11 is 0. The molecule has 0 aliphatic heterocycles. The second kappa shape index (κ2) is 2.17. The van der Waals surface area contributed by atoms with Gasteiger partial charge in [-0.25, -0.2) is 0 Å². The minimum Gasteiger partial charge on any atom is -0.349 e. The molecular formula is C11H15NO. The molecule has 0 radical (unpaired) electrons. The molecule has 4 aliphatic carbocycles. The second-order valence-corrected chi connectivity index (χ2v) is 4.92. The van der Waals surface area contributed by atoms with Gasteiger partial charge in [-0.05, 0) is 49.0 Å². The third-order valence-corrected chi connectivity index (χ3v) is 4.50. The highest BCUT2D eigenvalue weighted by molar-refractivity contribution is 5.87. The van der Waals surface area contributed by atoms with E-state index in [-0.39, 0.29) is 5.91 Å². The molecule has 1 spiro atoms. The predicted molar refractivity (Wildman–Crippen MR) is 50.0 cm³/mol. The Bertz CT molecular complexity index is 282.